The zero-order valence-electron chi connectivity index (χ0n) is 11.2. The molecule has 0 bridgehead atoms. The number of hydrogen-bond donors (Lipinski definition) is 0. The maximum absolute atomic E-state index is 12.4. The lowest BCUT2D eigenvalue weighted by Gasteiger charge is -2.33. The van der Waals surface area contributed by atoms with Gasteiger partial charge in [0, 0.05) is 0 Å². The van der Waals surface area contributed by atoms with Crippen molar-refractivity contribution in [3.63, 3.8) is 0 Å². The van der Waals surface area contributed by atoms with Crippen LogP contribution in [0.25, 0.3) is 0 Å². The highest BCUT2D eigenvalue weighted by Crippen LogP contribution is 2.40. The van der Waals surface area contributed by atoms with E-state index >= 15 is 0 Å². The zero-order chi connectivity index (χ0) is 12.8. The summed E-state index contributed by atoms with van der Waals surface area (Å²) in [6.07, 6.45) is 4.15. The zero-order valence-corrected chi connectivity index (χ0v) is 12.1. The van der Waals surface area contributed by atoms with Gasteiger partial charge < -0.3 is 0 Å². The van der Waals surface area contributed by atoms with Crippen LogP contribution < -0.4 is 0 Å². The molecular formula is C13H24O2S. The van der Waals surface area contributed by atoms with Crippen LogP contribution in [-0.2, 0) is 9.84 Å². The van der Waals surface area contributed by atoms with Crippen LogP contribution in [0.5, 0.6) is 0 Å². The van der Waals surface area contributed by atoms with Crippen LogP contribution in [0.4, 0.5) is 0 Å². The van der Waals surface area contributed by atoms with Crippen molar-refractivity contribution in [3.05, 3.63) is 12.2 Å². The lowest BCUT2D eigenvalue weighted by Crippen LogP contribution is -2.41. The van der Waals surface area contributed by atoms with Crippen molar-refractivity contribution in [2.24, 2.45) is 16.7 Å². The molecule has 3 heteroatoms. The Morgan fingerprint density at radius 1 is 1.12 bits per heavy atom. The van der Waals surface area contributed by atoms with Crippen molar-refractivity contribution in [1.29, 1.82) is 0 Å². The second-order valence-corrected chi connectivity index (χ2v) is 8.74. The summed E-state index contributed by atoms with van der Waals surface area (Å²) in [5, 5.41) is -0.280. The van der Waals surface area contributed by atoms with E-state index in [1.165, 1.54) is 0 Å². The molecule has 0 amide bonds. The minimum atomic E-state index is -3.04. The lowest BCUT2D eigenvalue weighted by atomic mass is 9.81. The second kappa shape index (κ2) is 3.86. The second-order valence-electron chi connectivity index (χ2n) is 6.62. The first-order chi connectivity index (χ1) is 6.98. The maximum atomic E-state index is 12.4. The first-order valence-electron chi connectivity index (χ1n) is 5.90. The molecule has 1 aliphatic heterocycles. The normalized spacial score (nSPS) is 31.3. The van der Waals surface area contributed by atoms with E-state index in [1.54, 1.807) is 0 Å². The highest BCUT2D eigenvalue weighted by molar-refractivity contribution is 7.92. The number of allylic oxidation sites excluding steroid dienone is 2. The molecule has 1 unspecified atom stereocenters. The molecule has 1 atom stereocenters. The topological polar surface area (TPSA) is 34.1 Å². The average Bonchev–Trinajstić information content (AvgIpc) is 2.01. The van der Waals surface area contributed by atoms with E-state index in [4.69, 9.17) is 0 Å². The predicted octanol–water partition coefficient (Wildman–Crippen LogP) is 3.05. The maximum Gasteiger partial charge on any atom is 0.155 e. The molecule has 0 saturated carbocycles. The number of hydrogen-bond acceptors (Lipinski definition) is 2. The Labute approximate surface area is 100 Å². The third-order valence-corrected chi connectivity index (χ3v) is 6.33. The Hall–Kier alpha value is -0.310. The van der Waals surface area contributed by atoms with E-state index in [-0.39, 0.29) is 27.8 Å². The van der Waals surface area contributed by atoms with Crippen molar-refractivity contribution in [2.75, 3.05) is 5.75 Å². The summed E-state index contributed by atoms with van der Waals surface area (Å²) >= 11 is 0. The fourth-order valence-electron chi connectivity index (χ4n) is 2.93. The highest BCUT2D eigenvalue weighted by Gasteiger charge is 2.44. The van der Waals surface area contributed by atoms with Crippen LogP contribution in [0, 0.1) is 16.7 Å². The fraction of sp³-hybridized carbons (Fsp3) is 0.846. The smallest absolute Gasteiger partial charge is 0.155 e. The molecule has 0 saturated heterocycles. The fourth-order valence-corrected chi connectivity index (χ4v) is 6.07. The van der Waals surface area contributed by atoms with Crippen molar-refractivity contribution >= 4 is 9.84 Å². The van der Waals surface area contributed by atoms with Gasteiger partial charge in [-0.2, -0.15) is 0 Å². The molecule has 0 N–H and O–H groups in total. The summed E-state index contributed by atoms with van der Waals surface area (Å²) < 4.78 is 24.9. The predicted molar refractivity (Wildman–Crippen MR) is 69.1 cm³/mol. The van der Waals surface area contributed by atoms with Gasteiger partial charge in [0.25, 0.3) is 0 Å². The summed E-state index contributed by atoms with van der Waals surface area (Å²) in [6, 6.07) is 0. The van der Waals surface area contributed by atoms with Gasteiger partial charge in [-0.15, -0.1) is 0 Å². The minimum absolute atomic E-state index is 0.151. The molecule has 0 spiro atoms. The SMILES string of the molecule is CC(C)C1C(C)(C)C=CC(C)(C)CS1(=O)=O. The quantitative estimate of drug-likeness (QED) is 0.664. The Kier molecular flexibility index (Phi) is 3.32. The minimum Gasteiger partial charge on any atom is -0.228 e. The summed E-state index contributed by atoms with van der Waals surface area (Å²) in [5.41, 5.74) is -0.527. The first kappa shape index (κ1) is 13.8. The van der Waals surface area contributed by atoms with E-state index in [0.29, 0.717) is 0 Å². The van der Waals surface area contributed by atoms with Crippen LogP contribution in [0.1, 0.15) is 41.5 Å². The van der Waals surface area contributed by atoms with Gasteiger partial charge in [0.2, 0.25) is 0 Å². The monoisotopic (exact) mass is 244 g/mol. The van der Waals surface area contributed by atoms with Gasteiger partial charge in [-0.05, 0) is 16.7 Å². The van der Waals surface area contributed by atoms with Gasteiger partial charge in [-0.1, -0.05) is 53.7 Å². The van der Waals surface area contributed by atoms with E-state index in [0.717, 1.165) is 0 Å². The van der Waals surface area contributed by atoms with E-state index in [9.17, 15) is 8.42 Å². The van der Waals surface area contributed by atoms with Crippen molar-refractivity contribution in [2.45, 2.75) is 46.8 Å². The first-order valence-corrected chi connectivity index (χ1v) is 7.61. The van der Waals surface area contributed by atoms with Gasteiger partial charge in [0.15, 0.2) is 9.84 Å². The molecule has 2 nitrogen and oxygen atoms in total. The Balaban J connectivity index is 3.33. The summed E-state index contributed by atoms with van der Waals surface area (Å²) in [5.74, 6) is 0.404. The van der Waals surface area contributed by atoms with E-state index in [1.807, 2.05) is 41.5 Å². The Bertz CT molecular complexity index is 386. The Morgan fingerprint density at radius 3 is 2.06 bits per heavy atom. The molecule has 16 heavy (non-hydrogen) atoms. The molecule has 94 valence electrons. The van der Waals surface area contributed by atoms with Gasteiger partial charge in [0.05, 0.1) is 11.0 Å². The van der Waals surface area contributed by atoms with Crippen LogP contribution in [0.2, 0.25) is 0 Å². The standard InChI is InChI=1S/C13H24O2S/c1-10(2)11-13(5,6)8-7-12(3,4)9-16(11,14)15/h7-8,10-11H,9H2,1-6H3. The van der Waals surface area contributed by atoms with Crippen molar-refractivity contribution < 1.29 is 8.42 Å². The van der Waals surface area contributed by atoms with Gasteiger partial charge in [-0.25, -0.2) is 8.42 Å². The molecule has 0 fully saturated rings. The Morgan fingerprint density at radius 2 is 1.62 bits per heavy atom. The molecule has 0 aromatic carbocycles. The van der Waals surface area contributed by atoms with Gasteiger partial charge >= 0.3 is 0 Å². The molecule has 0 aromatic rings. The molecular weight excluding hydrogens is 220 g/mol. The molecule has 1 aliphatic rings. The van der Waals surface area contributed by atoms with Crippen molar-refractivity contribution in [3.8, 4) is 0 Å². The molecule has 1 heterocycles. The van der Waals surface area contributed by atoms with Crippen LogP contribution in [-0.4, -0.2) is 19.4 Å². The molecule has 1 rings (SSSR count). The number of sulfone groups is 1. The molecule has 0 aliphatic carbocycles. The van der Waals surface area contributed by atoms with E-state index in [2.05, 4.69) is 12.2 Å². The summed E-state index contributed by atoms with van der Waals surface area (Å²) in [6.45, 7) is 12.0. The van der Waals surface area contributed by atoms with Gasteiger partial charge in [-0.3, -0.25) is 0 Å². The van der Waals surface area contributed by atoms with Gasteiger partial charge in [0.1, 0.15) is 0 Å². The van der Waals surface area contributed by atoms with Crippen molar-refractivity contribution in [1.82, 2.24) is 0 Å². The third-order valence-electron chi connectivity index (χ3n) is 3.26. The van der Waals surface area contributed by atoms with E-state index < -0.39 is 9.84 Å². The average molecular weight is 244 g/mol. The van der Waals surface area contributed by atoms with Crippen LogP contribution in [0.15, 0.2) is 12.2 Å². The third kappa shape index (κ3) is 2.68. The van der Waals surface area contributed by atoms with Crippen LogP contribution in [0.3, 0.4) is 0 Å². The molecule has 0 aromatic heterocycles. The largest absolute Gasteiger partial charge is 0.228 e. The van der Waals surface area contributed by atoms with Crippen LogP contribution >= 0.6 is 0 Å². The highest BCUT2D eigenvalue weighted by atomic mass is 32.2. The lowest BCUT2D eigenvalue weighted by molar-refractivity contribution is 0.365. The summed E-state index contributed by atoms with van der Waals surface area (Å²) in [7, 11) is -3.04. The molecule has 0 radical (unpaired) electrons. The number of rotatable bonds is 1. The summed E-state index contributed by atoms with van der Waals surface area (Å²) in [4.78, 5) is 0.